The molecule has 0 spiro atoms. The second-order valence-electron chi connectivity index (χ2n) is 5.23. The Morgan fingerprint density at radius 1 is 1.35 bits per heavy atom. The van der Waals surface area contributed by atoms with Gasteiger partial charge in [-0.2, -0.15) is 0 Å². The highest BCUT2D eigenvalue weighted by Gasteiger charge is 2.25. The van der Waals surface area contributed by atoms with Crippen LogP contribution >= 0.6 is 0 Å². The Hall–Kier alpha value is -1.02. The van der Waals surface area contributed by atoms with Gasteiger partial charge in [0.05, 0.1) is 0 Å². The fourth-order valence-electron chi connectivity index (χ4n) is 2.41. The number of phenols is 1. The van der Waals surface area contributed by atoms with Crippen LogP contribution in [0.25, 0.3) is 0 Å². The van der Waals surface area contributed by atoms with Gasteiger partial charge in [0, 0.05) is 17.6 Å². The molecule has 1 saturated carbocycles. The Balaban J connectivity index is 1.94. The van der Waals surface area contributed by atoms with Gasteiger partial charge in [-0.15, -0.1) is 0 Å². The molecule has 1 aromatic rings. The molecule has 2 heteroatoms. The fraction of sp³-hybridized carbons (Fsp3) is 0.600. The molecule has 17 heavy (non-hydrogen) atoms. The summed E-state index contributed by atoms with van der Waals surface area (Å²) < 4.78 is 0. The van der Waals surface area contributed by atoms with Crippen molar-refractivity contribution in [3.63, 3.8) is 0 Å². The van der Waals surface area contributed by atoms with Crippen molar-refractivity contribution < 1.29 is 5.11 Å². The first-order valence-corrected chi connectivity index (χ1v) is 6.74. The second-order valence-corrected chi connectivity index (χ2v) is 5.23. The lowest BCUT2D eigenvalue weighted by Gasteiger charge is -2.23. The molecule has 2 nitrogen and oxygen atoms in total. The summed E-state index contributed by atoms with van der Waals surface area (Å²) in [6.45, 7) is 4.36. The Labute approximate surface area is 104 Å². The molecule has 0 saturated heterocycles. The van der Waals surface area contributed by atoms with Gasteiger partial charge in [0.15, 0.2) is 0 Å². The molecule has 0 amide bonds. The fourth-order valence-corrected chi connectivity index (χ4v) is 2.41. The molecule has 1 aliphatic rings. The standard InChI is InChI=1S/C15H23NO/c1-3-13(10-12-8-9-12)16-11(2)14-6-4-5-7-15(14)17/h4-7,11-13,16-17H,3,8-10H2,1-2H3. The number of para-hydroxylation sites is 1. The van der Waals surface area contributed by atoms with Crippen LogP contribution in [0.2, 0.25) is 0 Å². The van der Waals surface area contributed by atoms with Gasteiger partial charge < -0.3 is 10.4 Å². The van der Waals surface area contributed by atoms with E-state index in [1.807, 2.05) is 18.2 Å². The van der Waals surface area contributed by atoms with Gasteiger partial charge >= 0.3 is 0 Å². The topological polar surface area (TPSA) is 32.3 Å². The van der Waals surface area contributed by atoms with Crippen molar-refractivity contribution in [2.45, 2.75) is 51.6 Å². The van der Waals surface area contributed by atoms with Crippen LogP contribution in [-0.4, -0.2) is 11.1 Å². The Kier molecular flexibility index (Phi) is 4.06. The Bertz CT molecular complexity index is 360. The summed E-state index contributed by atoms with van der Waals surface area (Å²) in [4.78, 5) is 0. The van der Waals surface area contributed by atoms with Crippen molar-refractivity contribution >= 4 is 0 Å². The van der Waals surface area contributed by atoms with E-state index in [4.69, 9.17) is 0 Å². The minimum Gasteiger partial charge on any atom is -0.508 e. The van der Waals surface area contributed by atoms with E-state index in [1.165, 1.54) is 19.3 Å². The Morgan fingerprint density at radius 2 is 2.06 bits per heavy atom. The SMILES string of the molecule is CCC(CC1CC1)NC(C)c1ccccc1O. The molecular weight excluding hydrogens is 210 g/mol. The average Bonchev–Trinajstić information content (AvgIpc) is 3.12. The molecule has 0 heterocycles. The lowest BCUT2D eigenvalue weighted by Crippen LogP contribution is -2.31. The molecule has 0 bridgehead atoms. The molecule has 0 aliphatic heterocycles. The maximum atomic E-state index is 9.82. The summed E-state index contributed by atoms with van der Waals surface area (Å²) in [7, 11) is 0. The maximum Gasteiger partial charge on any atom is 0.120 e. The summed E-state index contributed by atoms with van der Waals surface area (Å²) in [6, 6.07) is 8.41. The predicted molar refractivity (Wildman–Crippen MR) is 71.1 cm³/mol. The summed E-state index contributed by atoms with van der Waals surface area (Å²) in [6.07, 6.45) is 5.26. The van der Waals surface area contributed by atoms with E-state index in [2.05, 4.69) is 19.2 Å². The summed E-state index contributed by atoms with van der Waals surface area (Å²) >= 11 is 0. The number of benzene rings is 1. The van der Waals surface area contributed by atoms with Gasteiger partial charge in [-0.3, -0.25) is 0 Å². The number of aromatic hydroxyl groups is 1. The third-order valence-electron chi connectivity index (χ3n) is 3.70. The van der Waals surface area contributed by atoms with Crippen molar-refractivity contribution in [3.05, 3.63) is 29.8 Å². The van der Waals surface area contributed by atoms with Crippen LogP contribution in [0, 0.1) is 5.92 Å². The lowest BCUT2D eigenvalue weighted by molar-refractivity contribution is 0.391. The minimum absolute atomic E-state index is 0.222. The zero-order valence-corrected chi connectivity index (χ0v) is 10.8. The first kappa shape index (κ1) is 12.4. The molecule has 1 aliphatic carbocycles. The number of hydrogen-bond donors (Lipinski definition) is 2. The normalized spacial score (nSPS) is 18.9. The quantitative estimate of drug-likeness (QED) is 0.786. The molecular formula is C15H23NO. The van der Waals surface area contributed by atoms with Crippen LogP contribution in [0.1, 0.15) is 51.1 Å². The van der Waals surface area contributed by atoms with Gasteiger partial charge in [-0.1, -0.05) is 38.0 Å². The van der Waals surface area contributed by atoms with E-state index >= 15 is 0 Å². The highest BCUT2D eigenvalue weighted by atomic mass is 16.3. The van der Waals surface area contributed by atoms with E-state index in [1.54, 1.807) is 6.07 Å². The molecule has 1 fully saturated rings. The van der Waals surface area contributed by atoms with Crippen LogP contribution in [-0.2, 0) is 0 Å². The molecule has 2 N–H and O–H groups in total. The predicted octanol–water partition coefficient (Wildman–Crippen LogP) is 3.62. The van der Waals surface area contributed by atoms with Gasteiger partial charge in [0.2, 0.25) is 0 Å². The first-order chi connectivity index (χ1) is 8.20. The van der Waals surface area contributed by atoms with Crippen molar-refractivity contribution in [1.82, 2.24) is 5.32 Å². The third kappa shape index (κ3) is 3.47. The van der Waals surface area contributed by atoms with Gasteiger partial charge in [-0.25, -0.2) is 0 Å². The van der Waals surface area contributed by atoms with Crippen LogP contribution in [0.4, 0.5) is 0 Å². The van der Waals surface area contributed by atoms with Gasteiger partial charge in [0.1, 0.15) is 5.75 Å². The molecule has 1 aromatic carbocycles. The van der Waals surface area contributed by atoms with Crippen LogP contribution < -0.4 is 5.32 Å². The smallest absolute Gasteiger partial charge is 0.120 e. The zero-order valence-electron chi connectivity index (χ0n) is 10.8. The zero-order chi connectivity index (χ0) is 12.3. The van der Waals surface area contributed by atoms with Gasteiger partial charge in [0.25, 0.3) is 0 Å². The summed E-state index contributed by atoms with van der Waals surface area (Å²) in [5.74, 6) is 1.35. The molecule has 2 rings (SSSR count). The van der Waals surface area contributed by atoms with Crippen molar-refractivity contribution in [2.75, 3.05) is 0 Å². The number of hydrogen-bond acceptors (Lipinski definition) is 2. The van der Waals surface area contributed by atoms with Crippen molar-refractivity contribution in [3.8, 4) is 5.75 Å². The molecule has 2 unspecified atom stereocenters. The van der Waals surface area contributed by atoms with E-state index < -0.39 is 0 Å². The summed E-state index contributed by atoms with van der Waals surface area (Å²) in [5.41, 5.74) is 1.00. The largest absolute Gasteiger partial charge is 0.508 e. The van der Waals surface area contributed by atoms with E-state index in [-0.39, 0.29) is 6.04 Å². The molecule has 94 valence electrons. The van der Waals surface area contributed by atoms with E-state index in [0.29, 0.717) is 11.8 Å². The number of rotatable bonds is 6. The van der Waals surface area contributed by atoms with Crippen molar-refractivity contribution in [2.24, 2.45) is 5.92 Å². The van der Waals surface area contributed by atoms with Crippen LogP contribution in [0.15, 0.2) is 24.3 Å². The minimum atomic E-state index is 0.222. The Morgan fingerprint density at radius 3 is 2.65 bits per heavy atom. The highest BCUT2D eigenvalue weighted by Crippen LogP contribution is 2.34. The second kappa shape index (κ2) is 5.54. The monoisotopic (exact) mass is 233 g/mol. The lowest BCUT2D eigenvalue weighted by atomic mass is 10.0. The van der Waals surface area contributed by atoms with E-state index in [0.717, 1.165) is 17.9 Å². The van der Waals surface area contributed by atoms with Crippen LogP contribution in [0.5, 0.6) is 5.75 Å². The van der Waals surface area contributed by atoms with Crippen molar-refractivity contribution in [1.29, 1.82) is 0 Å². The molecule has 0 aromatic heterocycles. The summed E-state index contributed by atoms with van der Waals surface area (Å²) in [5, 5.41) is 13.5. The maximum absolute atomic E-state index is 9.82. The third-order valence-corrected chi connectivity index (χ3v) is 3.70. The van der Waals surface area contributed by atoms with Crippen LogP contribution in [0.3, 0.4) is 0 Å². The van der Waals surface area contributed by atoms with E-state index in [9.17, 15) is 5.11 Å². The average molecular weight is 233 g/mol. The molecule has 2 atom stereocenters. The van der Waals surface area contributed by atoms with Gasteiger partial charge in [-0.05, 0) is 31.7 Å². The molecule has 0 radical (unpaired) electrons. The number of phenolic OH excluding ortho intramolecular Hbond substituents is 1. The first-order valence-electron chi connectivity index (χ1n) is 6.74. The number of nitrogens with one attached hydrogen (secondary N) is 1. The highest BCUT2D eigenvalue weighted by molar-refractivity contribution is 5.34.